The zero-order valence-corrected chi connectivity index (χ0v) is 26.6. The van der Waals surface area contributed by atoms with Gasteiger partial charge in [0.05, 0.1) is 9.79 Å². The zero-order chi connectivity index (χ0) is 29.6. The highest BCUT2D eigenvalue weighted by atomic mass is 32.2. The highest BCUT2D eigenvalue weighted by Crippen LogP contribution is 2.59. The molecule has 0 N–H and O–H groups in total. The molecular formula is C26H34N2O8P2S2. The molecule has 0 saturated carbocycles. The van der Waals surface area contributed by atoms with Gasteiger partial charge < -0.3 is 9.05 Å². The maximum Gasteiger partial charge on any atom is 0.329 e. The lowest BCUT2D eigenvalue weighted by Crippen LogP contribution is -2.40. The van der Waals surface area contributed by atoms with E-state index in [-0.39, 0.29) is 34.0 Å². The Hall–Kier alpha value is -1.94. The van der Waals surface area contributed by atoms with Gasteiger partial charge in [0, 0.05) is 12.3 Å². The monoisotopic (exact) mass is 628 g/mol. The van der Waals surface area contributed by atoms with Crippen LogP contribution in [0, 0.1) is 25.7 Å². The van der Waals surface area contributed by atoms with Crippen LogP contribution in [-0.4, -0.2) is 61.3 Å². The summed E-state index contributed by atoms with van der Waals surface area (Å²) >= 11 is 0. The lowest BCUT2D eigenvalue weighted by atomic mass is 10.1. The predicted molar refractivity (Wildman–Crippen MR) is 153 cm³/mol. The van der Waals surface area contributed by atoms with Gasteiger partial charge in [-0.1, -0.05) is 63.1 Å². The van der Waals surface area contributed by atoms with E-state index in [0.717, 1.165) is 19.3 Å². The van der Waals surface area contributed by atoms with Gasteiger partial charge >= 0.3 is 11.9 Å². The number of carbonyl (C=O) groups excluding carboxylic acids is 2. The van der Waals surface area contributed by atoms with E-state index in [0.29, 0.717) is 0 Å². The van der Waals surface area contributed by atoms with Crippen LogP contribution >= 0.6 is 16.6 Å². The summed E-state index contributed by atoms with van der Waals surface area (Å²) in [5.41, 5.74) is 1.77. The molecule has 4 rings (SSSR count). The molecule has 0 aliphatic carbocycles. The van der Waals surface area contributed by atoms with Gasteiger partial charge in [0.2, 0.25) is 20.0 Å². The van der Waals surface area contributed by atoms with E-state index in [9.17, 15) is 26.4 Å². The fourth-order valence-electron chi connectivity index (χ4n) is 4.54. The van der Waals surface area contributed by atoms with E-state index in [4.69, 9.17) is 9.05 Å². The Morgan fingerprint density at radius 2 is 0.950 bits per heavy atom. The second kappa shape index (κ2) is 11.7. The summed E-state index contributed by atoms with van der Waals surface area (Å²) in [5, 5.41) is 0. The number of sulfonamides is 2. The lowest BCUT2D eigenvalue weighted by molar-refractivity contribution is -0.136. The van der Waals surface area contributed by atoms with E-state index in [1.807, 2.05) is 13.8 Å². The van der Waals surface area contributed by atoms with Crippen molar-refractivity contribution in [1.82, 2.24) is 8.15 Å². The second-order valence-corrected chi connectivity index (χ2v) is 18.2. The zero-order valence-electron chi connectivity index (χ0n) is 23.2. The molecule has 2 aromatic carbocycles. The largest absolute Gasteiger partial charge is 0.426 e. The smallest absolute Gasteiger partial charge is 0.329 e. The first-order valence-electron chi connectivity index (χ1n) is 12.9. The highest BCUT2D eigenvalue weighted by Gasteiger charge is 2.54. The highest BCUT2D eigenvalue weighted by molar-refractivity contribution is 7.95. The van der Waals surface area contributed by atoms with Crippen molar-refractivity contribution in [2.45, 2.75) is 63.4 Å². The Labute approximate surface area is 238 Å². The van der Waals surface area contributed by atoms with E-state index in [2.05, 4.69) is 0 Å². The van der Waals surface area contributed by atoms with Crippen molar-refractivity contribution in [2.24, 2.45) is 11.8 Å². The SMILES string of the molecule is Cc1ccc(S(=O)(=O)N2[C@@H](C(C)C)C(=O)OP2CCP2OC(=O)[C@H](C(C)C)N2S(=O)(=O)c2ccc(C)cc2)cc1. The molecule has 0 radical (unpaired) electrons. The summed E-state index contributed by atoms with van der Waals surface area (Å²) in [6.45, 7) is 10.7. The van der Waals surface area contributed by atoms with Gasteiger partial charge in [0.1, 0.15) is 12.1 Å². The van der Waals surface area contributed by atoms with E-state index in [1.54, 1.807) is 52.0 Å². The van der Waals surface area contributed by atoms with Crippen LogP contribution in [0.2, 0.25) is 0 Å². The Bertz CT molecular complexity index is 1370. The van der Waals surface area contributed by atoms with Crippen molar-refractivity contribution in [1.29, 1.82) is 0 Å². The summed E-state index contributed by atoms with van der Waals surface area (Å²) in [5.74, 6) is -2.01. The number of hydrogen-bond acceptors (Lipinski definition) is 8. The molecule has 2 heterocycles. The van der Waals surface area contributed by atoms with E-state index >= 15 is 0 Å². The lowest BCUT2D eigenvalue weighted by Gasteiger charge is -2.28. The fraction of sp³-hybridized carbons (Fsp3) is 0.462. The topological polar surface area (TPSA) is 127 Å². The first-order chi connectivity index (χ1) is 18.7. The van der Waals surface area contributed by atoms with Crippen LogP contribution in [0.25, 0.3) is 0 Å². The van der Waals surface area contributed by atoms with Gasteiger partial charge in [-0.05, 0) is 49.9 Å². The van der Waals surface area contributed by atoms with Crippen LogP contribution in [0.15, 0.2) is 58.3 Å². The molecule has 0 spiro atoms. The maximum absolute atomic E-state index is 13.8. The summed E-state index contributed by atoms with van der Waals surface area (Å²) in [7, 11) is -12.3. The fourth-order valence-corrected chi connectivity index (χ4v) is 14.4. The number of rotatable bonds is 9. The standard InChI is InChI=1S/C26H34N2O8P2S2/c1-17(2)23-25(29)35-37(27(23)39(31,32)21-11-7-19(5)8-12-21)15-16-38-28(24(18(3)4)26(30)36-38)40(33,34)22-13-9-20(6)10-14-22/h7-14,17-18,23-24H,15-16H2,1-6H3/t23-,24-,37?,38?/m0/s1. The number of aryl methyl sites for hydroxylation is 2. The Morgan fingerprint density at radius 3 is 1.23 bits per heavy atom. The van der Waals surface area contributed by atoms with Crippen molar-refractivity contribution >= 4 is 48.6 Å². The first kappa shape index (κ1) is 31.0. The molecule has 10 nitrogen and oxygen atoms in total. The number of benzene rings is 2. The van der Waals surface area contributed by atoms with Gasteiger partial charge in [0.25, 0.3) is 0 Å². The van der Waals surface area contributed by atoms with Gasteiger partial charge in [-0.25, -0.2) is 16.8 Å². The van der Waals surface area contributed by atoms with Gasteiger partial charge in [-0.3, -0.25) is 9.59 Å². The maximum atomic E-state index is 13.8. The van der Waals surface area contributed by atoms with Crippen LogP contribution in [0.3, 0.4) is 0 Å². The predicted octanol–water partition coefficient (Wildman–Crippen LogP) is 4.77. The quantitative estimate of drug-likeness (QED) is 0.364. The molecule has 4 atom stereocenters. The van der Waals surface area contributed by atoms with Crippen LogP contribution in [-0.2, 0) is 38.7 Å². The molecule has 2 aromatic rings. The summed E-state index contributed by atoms with van der Waals surface area (Å²) in [4.78, 5) is 25.9. The summed E-state index contributed by atoms with van der Waals surface area (Å²) < 4.78 is 68.6. The van der Waals surface area contributed by atoms with Gasteiger partial charge in [-0.15, -0.1) is 8.15 Å². The summed E-state index contributed by atoms with van der Waals surface area (Å²) in [6.07, 6.45) is 0.0260. The third-order valence-electron chi connectivity index (χ3n) is 6.67. The molecule has 0 aromatic heterocycles. The van der Waals surface area contributed by atoms with E-state index < -0.39 is 60.7 Å². The van der Waals surface area contributed by atoms with Crippen molar-refractivity contribution in [3.05, 3.63) is 59.7 Å². The van der Waals surface area contributed by atoms with E-state index in [1.165, 1.54) is 24.3 Å². The van der Waals surface area contributed by atoms with Crippen molar-refractivity contribution in [3.8, 4) is 0 Å². The van der Waals surface area contributed by atoms with Crippen molar-refractivity contribution < 1.29 is 35.5 Å². The average molecular weight is 629 g/mol. The molecule has 2 unspecified atom stereocenters. The first-order valence-corrected chi connectivity index (χ1v) is 18.5. The molecule has 14 heteroatoms. The minimum atomic E-state index is -4.12. The number of nitrogens with zero attached hydrogens (tertiary/aromatic N) is 2. The van der Waals surface area contributed by atoms with Gasteiger partial charge in [-0.2, -0.15) is 0 Å². The van der Waals surface area contributed by atoms with Crippen LogP contribution in [0.4, 0.5) is 0 Å². The van der Waals surface area contributed by atoms with Crippen molar-refractivity contribution in [2.75, 3.05) is 12.3 Å². The molecule has 0 bridgehead atoms. The molecule has 2 aliphatic rings. The molecule has 2 fully saturated rings. The number of carbonyl (C=O) groups is 2. The van der Waals surface area contributed by atoms with Crippen LogP contribution < -0.4 is 0 Å². The molecule has 2 aliphatic heterocycles. The average Bonchev–Trinajstić information content (AvgIpc) is 3.40. The normalized spacial score (nSPS) is 24.6. The minimum Gasteiger partial charge on any atom is -0.426 e. The van der Waals surface area contributed by atoms with Gasteiger partial charge in [0.15, 0.2) is 16.6 Å². The Kier molecular flexibility index (Phi) is 9.10. The summed E-state index contributed by atoms with van der Waals surface area (Å²) in [6, 6.07) is 10.6. The second-order valence-electron chi connectivity index (χ2n) is 10.5. The molecule has 2 saturated heterocycles. The molecular weight excluding hydrogens is 594 g/mol. The molecule has 40 heavy (non-hydrogen) atoms. The Morgan fingerprint density at radius 1 is 0.650 bits per heavy atom. The number of hydrogen-bond donors (Lipinski definition) is 0. The Balaban J connectivity index is 1.66. The third-order valence-corrected chi connectivity index (χ3v) is 15.9. The van der Waals surface area contributed by atoms with Crippen LogP contribution in [0.1, 0.15) is 38.8 Å². The molecule has 218 valence electrons. The van der Waals surface area contributed by atoms with Crippen LogP contribution in [0.5, 0.6) is 0 Å². The molecule has 0 amide bonds. The third kappa shape index (κ3) is 5.85. The minimum absolute atomic E-state index is 0.0130. The van der Waals surface area contributed by atoms with Crippen molar-refractivity contribution in [3.63, 3.8) is 0 Å².